The molecule has 1 aromatic heterocycles. The van der Waals surface area contributed by atoms with Gasteiger partial charge in [0, 0.05) is 49.6 Å². The van der Waals surface area contributed by atoms with E-state index in [0.717, 1.165) is 22.9 Å². The maximum atomic E-state index is 12.7. The van der Waals surface area contributed by atoms with E-state index in [1.54, 1.807) is 4.90 Å². The molecule has 27 heavy (non-hydrogen) atoms. The summed E-state index contributed by atoms with van der Waals surface area (Å²) in [5.41, 5.74) is 2.14. The highest BCUT2D eigenvalue weighted by atomic mass is 35.5. The summed E-state index contributed by atoms with van der Waals surface area (Å²) < 4.78 is 0. The number of aryl methyl sites for hydroxylation is 2. The Morgan fingerprint density at radius 3 is 2.41 bits per heavy atom. The second-order valence-electron chi connectivity index (χ2n) is 6.51. The first-order valence-electron chi connectivity index (χ1n) is 8.58. The van der Waals surface area contributed by atoms with E-state index in [-0.39, 0.29) is 22.2 Å². The smallest absolute Gasteiger partial charge is 0.270 e. The van der Waals surface area contributed by atoms with Crippen LogP contribution in [0.4, 0.5) is 11.5 Å². The molecule has 0 atom stereocenters. The van der Waals surface area contributed by atoms with Crippen LogP contribution in [0, 0.1) is 30.9 Å². The Morgan fingerprint density at radius 1 is 1.15 bits per heavy atom. The predicted molar refractivity (Wildman–Crippen MR) is 102 cm³/mol. The van der Waals surface area contributed by atoms with Crippen LogP contribution in [-0.2, 0) is 0 Å². The molecule has 0 saturated carbocycles. The quantitative estimate of drug-likeness (QED) is 0.592. The minimum atomic E-state index is -0.535. The van der Waals surface area contributed by atoms with Crippen molar-refractivity contribution in [2.75, 3.05) is 31.1 Å². The van der Waals surface area contributed by atoms with Gasteiger partial charge >= 0.3 is 0 Å². The summed E-state index contributed by atoms with van der Waals surface area (Å²) >= 11 is 6.09. The van der Waals surface area contributed by atoms with Gasteiger partial charge in [0.2, 0.25) is 0 Å². The van der Waals surface area contributed by atoms with E-state index in [2.05, 4.69) is 14.9 Å². The SMILES string of the molecule is Cc1nc(C)c(C)c(N2CCN(C(=O)c3ccc([N+](=O)[O-])cc3Cl)CC2)n1. The lowest BCUT2D eigenvalue weighted by atomic mass is 10.1. The molecular weight excluding hydrogens is 370 g/mol. The molecule has 1 aromatic carbocycles. The lowest BCUT2D eigenvalue weighted by molar-refractivity contribution is -0.384. The van der Waals surface area contributed by atoms with Gasteiger partial charge in [0.05, 0.1) is 15.5 Å². The summed E-state index contributed by atoms with van der Waals surface area (Å²) in [7, 11) is 0. The molecule has 1 fully saturated rings. The standard InChI is InChI=1S/C18H20ClN5O3/c1-11-12(2)20-13(3)21-17(11)22-6-8-23(9-7-22)18(25)15-5-4-14(24(26)27)10-16(15)19/h4-5,10H,6-9H2,1-3H3. The molecule has 1 aliphatic heterocycles. The minimum absolute atomic E-state index is 0.0922. The highest BCUT2D eigenvalue weighted by Crippen LogP contribution is 2.25. The Morgan fingerprint density at radius 2 is 1.81 bits per heavy atom. The molecule has 0 radical (unpaired) electrons. The van der Waals surface area contributed by atoms with Crippen molar-refractivity contribution < 1.29 is 9.72 Å². The van der Waals surface area contributed by atoms with Crippen molar-refractivity contribution >= 4 is 29.0 Å². The van der Waals surface area contributed by atoms with E-state index < -0.39 is 4.92 Å². The molecule has 142 valence electrons. The second kappa shape index (κ2) is 7.48. The Labute approximate surface area is 161 Å². The second-order valence-corrected chi connectivity index (χ2v) is 6.91. The summed E-state index contributed by atoms with van der Waals surface area (Å²) in [4.78, 5) is 35.8. The topological polar surface area (TPSA) is 92.5 Å². The van der Waals surface area contributed by atoms with Crippen LogP contribution in [0.25, 0.3) is 0 Å². The zero-order valence-electron chi connectivity index (χ0n) is 15.4. The third kappa shape index (κ3) is 3.85. The van der Waals surface area contributed by atoms with Gasteiger partial charge in [0.15, 0.2) is 0 Å². The number of benzene rings is 1. The largest absolute Gasteiger partial charge is 0.353 e. The summed E-state index contributed by atoms with van der Waals surface area (Å²) in [6, 6.07) is 3.92. The van der Waals surface area contributed by atoms with Crippen molar-refractivity contribution in [1.82, 2.24) is 14.9 Å². The Hall–Kier alpha value is -2.74. The maximum absolute atomic E-state index is 12.7. The first-order valence-corrected chi connectivity index (χ1v) is 8.95. The lowest BCUT2D eigenvalue weighted by Crippen LogP contribution is -2.49. The predicted octanol–water partition coefficient (Wildman–Crippen LogP) is 2.93. The molecule has 9 heteroatoms. The van der Waals surface area contributed by atoms with Crippen LogP contribution in [0.1, 0.15) is 27.4 Å². The first-order chi connectivity index (χ1) is 12.8. The van der Waals surface area contributed by atoms with Crippen molar-refractivity contribution in [2.45, 2.75) is 20.8 Å². The Bertz CT molecular complexity index is 910. The first kappa shape index (κ1) is 19.0. The number of nitrogens with zero attached hydrogens (tertiary/aromatic N) is 5. The van der Waals surface area contributed by atoms with E-state index in [1.165, 1.54) is 18.2 Å². The van der Waals surface area contributed by atoms with E-state index in [1.807, 2.05) is 20.8 Å². The number of anilines is 1. The molecule has 0 unspecified atom stereocenters. The Kier molecular flexibility index (Phi) is 5.27. The summed E-state index contributed by atoms with van der Waals surface area (Å²) in [6.45, 7) is 8.16. The van der Waals surface area contributed by atoms with Gasteiger partial charge in [-0.3, -0.25) is 14.9 Å². The van der Waals surface area contributed by atoms with E-state index in [9.17, 15) is 14.9 Å². The zero-order chi connectivity index (χ0) is 19.7. The van der Waals surface area contributed by atoms with Gasteiger partial charge in [-0.15, -0.1) is 0 Å². The minimum Gasteiger partial charge on any atom is -0.353 e. The number of non-ortho nitro benzene ring substituents is 1. The van der Waals surface area contributed by atoms with Gasteiger partial charge in [-0.1, -0.05) is 11.6 Å². The number of aromatic nitrogens is 2. The third-order valence-corrected chi connectivity index (χ3v) is 5.05. The van der Waals surface area contributed by atoms with Crippen LogP contribution in [0.2, 0.25) is 5.02 Å². The number of piperazine rings is 1. The molecule has 8 nitrogen and oxygen atoms in total. The molecule has 2 heterocycles. The molecule has 0 N–H and O–H groups in total. The molecular formula is C18H20ClN5O3. The molecule has 1 saturated heterocycles. The third-order valence-electron chi connectivity index (χ3n) is 4.74. The number of carbonyl (C=O) groups excluding carboxylic acids is 1. The van der Waals surface area contributed by atoms with Crippen molar-refractivity contribution in [3.63, 3.8) is 0 Å². The van der Waals surface area contributed by atoms with Gasteiger partial charge in [-0.25, -0.2) is 9.97 Å². The number of carbonyl (C=O) groups is 1. The zero-order valence-corrected chi connectivity index (χ0v) is 16.2. The van der Waals surface area contributed by atoms with Crippen LogP contribution in [0.3, 0.4) is 0 Å². The summed E-state index contributed by atoms with van der Waals surface area (Å²) in [5.74, 6) is 1.41. The van der Waals surface area contributed by atoms with Gasteiger partial charge in [-0.05, 0) is 26.8 Å². The fourth-order valence-electron chi connectivity index (χ4n) is 3.14. The van der Waals surface area contributed by atoms with Crippen LogP contribution < -0.4 is 4.90 Å². The van der Waals surface area contributed by atoms with Gasteiger partial charge < -0.3 is 9.80 Å². The molecule has 0 aliphatic carbocycles. The maximum Gasteiger partial charge on any atom is 0.270 e. The molecule has 1 aliphatic rings. The van der Waals surface area contributed by atoms with Gasteiger partial charge in [-0.2, -0.15) is 0 Å². The van der Waals surface area contributed by atoms with Crippen LogP contribution in [-0.4, -0.2) is 51.9 Å². The van der Waals surface area contributed by atoms with Gasteiger partial charge in [0.1, 0.15) is 11.6 Å². The average molecular weight is 390 g/mol. The van der Waals surface area contributed by atoms with E-state index in [4.69, 9.17) is 11.6 Å². The number of nitro benzene ring substituents is 1. The van der Waals surface area contributed by atoms with Crippen molar-refractivity contribution in [1.29, 1.82) is 0 Å². The number of nitro groups is 1. The van der Waals surface area contributed by atoms with E-state index >= 15 is 0 Å². The molecule has 1 amide bonds. The fraction of sp³-hybridized carbons (Fsp3) is 0.389. The number of amides is 1. The highest BCUT2D eigenvalue weighted by molar-refractivity contribution is 6.34. The number of halogens is 1. The normalized spacial score (nSPS) is 14.4. The summed E-state index contributed by atoms with van der Waals surface area (Å²) in [5, 5.41) is 10.9. The number of hydrogen-bond acceptors (Lipinski definition) is 6. The monoisotopic (exact) mass is 389 g/mol. The summed E-state index contributed by atoms with van der Waals surface area (Å²) in [6.07, 6.45) is 0. The number of hydrogen-bond donors (Lipinski definition) is 0. The highest BCUT2D eigenvalue weighted by Gasteiger charge is 2.26. The van der Waals surface area contributed by atoms with Gasteiger partial charge in [0.25, 0.3) is 11.6 Å². The van der Waals surface area contributed by atoms with Crippen LogP contribution in [0.5, 0.6) is 0 Å². The van der Waals surface area contributed by atoms with Crippen molar-refractivity contribution in [3.8, 4) is 0 Å². The van der Waals surface area contributed by atoms with Crippen LogP contribution >= 0.6 is 11.6 Å². The molecule has 0 bridgehead atoms. The van der Waals surface area contributed by atoms with Crippen LogP contribution in [0.15, 0.2) is 18.2 Å². The molecule has 2 aromatic rings. The molecule has 3 rings (SSSR count). The lowest BCUT2D eigenvalue weighted by Gasteiger charge is -2.36. The number of rotatable bonds is 3. The van der Waals surface area contributed by atoms with Crippen molar-refractivity contribution in [3.05, 3.63) is 56.0 Å². The Balaban J connectivity index is 1.73. The van der Waals surface area contributed by atoms with Crippen molar-refractivity contribution in [2.24, 2.45) is 0 Å². The molecule has 0 spiro atoms. The fourth-order valence-corrected chi connectivity index (χ4v) is 3.40. The average Bonchev–Trinajstić information content (AvgIpc) is 2.64. The van der Waals surface area contributed by atoms with E-state index in [0.29, 0.717) is 26.2 Å².